The van der Waals surface area contributed by atoms with E-state index in [-0.39, 0.29) is 29.3 Å². The summed E-state index contributed by atoms with van der Waals surface area (Å²) >= 11 is 6.00. The molecule has 8 heterocycles. The number of H-pyrrole nitrogens is 1. The number of rotatable bonds is 7. The second-order valence-electron chi connectivity index (χ2n) is 19.2. The number of hydrogen-bond donors (Lipinski definition) is 1. The Morgan fingerprint density at radius 2 is 1.61 bits per heavy atom. The first-order valence-electron chi connectivity index (χ1n) is 24.5. The number of amides is 2. The Morgan fingerprint density at radius 3 is 2.32 bits per heavy atom. The number of aromatic nitrogens is 6. The van der Waals surface area contributed by atoms with Crippen LogP contribution in [0.4, 0.5) is 31.7 Å². The van der Waals surface area contributed by atoms with E-state index in [0.717, 1.165) is 115 Å². The molecule has 3 aromatic heterocycles. The standard InChI is InChI=1S/C40H46F2N10O2.C12H13ClN2/c1-25(53)50-17-11-36-33(23-50)39(51-12-3-4-27-18-31(28-21-45-47(2)22-28)32(38(41)42)20-37(27)51)46-52(36)29-9-15-49(16-10-29)40(54)26-7-13-48(14-8-26)30-5-6-34-35(19-30)44-24-43-34;13-12-8-11(5-4-10(12)9-14)15-6-2-1-3-7-15/h5-6,18-22,24,26,29,38H,3-4,7-17,23H2,1-2H3,(H,43,44);4-5,8H,1-3,6-7H2. The predicted molar refractivity (Wildman–Crippen MR) is 264 cm³/mol. The quantitative estimate of drug-likeness (QED) is 0.166. The number of halogens is 3. The van der Waals surface area contributed by atoms with Crippen LogP contribution in [-0.4, -0.2) is 104 Å². The summed E-state index contributed by atoms with van der Waals surface area (Å²) in [6, 6.07) is 17.7. The zero-order chi connectivity index (χ0) is 47.8. The van der Waals surface area contributed by atoms with E-state index in [4.69, 9.17) is 22.0 Å². The molecule has 0 aliphatic carbocycles. The first-order chi connectivity index (χ1) is 33.5. The predicted octanol–water partition coefficient (Wildman–Crippen LogP) is 9.37. The van der Waals surface area contributed by atoms with Crippen LogP contribution in [0.15, 0.2) is 67.3 Å². The number of alkyl halides is 2. The van der Waals surface area contributed by atoms with E-state index in [0.29, 0.717) is 60.9 Å². The molecule has 14 nitrogen and oxygen atoms in total. The maximum Gasteiger partial charge on any atom is 0.264 e. The second kappa shape index (κ2) is 19.9. The number of nitrogens with zero attached hydrogens (tertiary/aromatic N) is 11. The maximum absolute atomic E-state index is 14.7. The first kappa shape index (κ1) is 46.3. The van der Waals surface area contributed by atoms with Crippen molar-refractivity contribution in [2.75, 3.05) is 67.1 Å². The Labute approximate surface area is 406 Å². The Bertz CT molecular complexity index is 2880. The third-order valence-corrected chi connectivity index (χ3v) is 15.2. The molecule has 11 rings (SSSR count). The van der Waals surface area contributed by atoms with Gasteiger partial charge in [-0.05, 0) is 117 Å². The number of carbonyl (C=O) groups excluding carboxylic acids is 2. The maximum atomic E-state index is 14.7. The van der Waals surface area contributed by atoms with Crippen molar-refractivity contribution in [1.29, 1.82) is 5.26 Å². The molecule has 0 spiro atoms. The van der Waals surface area contributed by atoms with Gasteiger partial charge in [0.15, 0.2) is 5.82 Å². The summed E-state index contributed by atoms with van der Waals surface area (Å²) in [4.78, 5) is 44.6. The topological polar surface area (TPSA) is 138 Å². The number of nitrogens with one attached hydrogen (secondary N) is 1. The molecule has 3 aromatic carbocycles. The Kier molecular flexibility index (Phi) is 13.3. The lowest BCUT2D eigenvalue weighted by Gasteiger charge is -2.38. The molecule has 2 amide bonds. The van der Waals surface area contributed by atoms with Crippen LogP contribution >= 0.6 is 11.6 Å². The molecule has 5 aliphatic rings. The van der Waals surface area contributed by atoms with Crippen LogP contribution in [0.1, 0.15) is 98.7 Å². The Hall–Kier alpha value is -6.47. The molecular weight excluding hydrogens is 898 g/mol. The second-order valence-corrected chi connectivity index (χ2v) is 19.6. The summed E-state index contributed by atoms with van der Waals surface area (Å²) < 4.78 is 33.1. The van der Waals surface area contributed by atoms with Crippen LogP contribution in [-0.2, 0) is 36.0 Å². The number of nitriles is 1. The normalized spacial score (nSPS) is 18.0. The number of hydrogen-bond acceptors (Lipinski definition) is 9. The molecule has 3 saturated heterocycles. The highest BCUT2D eigenvalue weighted by molar-refractivity contribution is 6.32. The molecule has 0 atom stereocenters. The number of likely N-dealkylation sites (tertiary alicyclic amines) is 1. The van der Waals surface area contributed by atoms with E-state index in [1.165, 1.54) is 19.3 Å². The minimum Gasteiger partial charge on any atom is -0.371 e. The van der Waals surface area contributed by atoms with Gasteiger partial charge in [-0.2, -0.15) is 15.5 Å². The fourth-order valence-corrected chi connectivity index (χ4v) is 11.3. The van der Waals surface area contributed by atoms with Crippen molar-refractivity contribution in [3.63, 3.8) is 0 Å². The molecule has 3 fully saturated rings. The van der Waals surface area contributed by atoms with Crippen LogP contribution in [0.2, 0.25) is 5.02 Å². The molecule has 5 aliphatic heterocycles. The van der Waals surface area contributed by atoms with Gasteiger partial charge in [0.05, 0.1) is 46.7 Å². The zero-order valence-corrected chi connectivity index (χ0v) is 40.1. The number of imidazole rings is 1. The van der Waals surface area contributed by atoms with Crippen molar-refractivity contribution in [2.24, 2.45) is 13.0 Å². The average Bonchev–Trinajstić information content (AvgIpc) is 4.14. The third kappa shape index (κ3) is 9.50. The van der Waals surface area contributed by atoms with Crippen LogP contribution in [0, 0.1) is 17.2 Å². The number of carbonyl (C=O) groups is 2. The lowest BCUT2D eigenvalue weighted by molar-refractivity contribution is -0.137. The summed E-state index contributed by atoms with van der Waals surface area (Å²) in [6.07, 6.45) is 11.8. The van der Waals surface area contributed by atoms with Gasteiger partial charge in [-0.1, -0.05) is 11.6 Å². The molecule has 0 saturated carbocycles. The van der Waals surface area contributed by atoms with Crippen molar-refractivity contribution >= 4 is 57.3 Å². The summed E-state index contributed by atoms with van der Waals surface area (Å²) in [6.45, 7) is 8.52. The summed E-state index contributed by atoms with van der Waals surface area (Å²) in [5.41, 5.74) is 9.84. The van der Waals surface area contributed by atoms with Gasteiger partial charge in [-0.15, -0.1) is 0 Å². The van der Waals surface area contributed by atoms with Gasteiger partial charge < -0.3 is 29.5 Å². The number of fused-ring (bicyclic) bond motifs is 3. The highest BCUT2D eigenvalue weighted by atomic mass is 35.5. The van der Waals surface area contributed by atoms with Gasteiger partial charge in [0.25, 0.3) is 6.43 Å². The summed E-state index contributed by atoms with van der Waals surface area (Å²) in [5, 5.41) is 18.9. The van der Waals surface area contributed by atoms with Crippen LogP contribution in [0.3, 0.4) is 0 Å². The average molecular weight is 958 g/mol. The van der Waals surface area contributed by atoms with Crippen molar-refractivity contribution in [3.8, 4) is 17.2 Å². The molecule has 1 N–H and O–H groups in total. The first-order valence-corrected chi connectivity index (χ1v) is 24.9. The van der Waals surface area contributed by atoms with Crippen molar-refractivity contribution < 1.29 is 18.4 Å². The third-order valence-electron chi connectivity index (χ3n) is 14.9. The van der Waals surface area contributed by atoms with E-state index in [2.05, 4.69) is 57.6 Å². The van der Waals surface area contributed by atoms with E-state index < -0.39 is 6.43 Å². The van der Waals surface area contributed by atoms with Gasteiger partial charge in [-0.3, -0.25) is 19.0 Å². The SMILES string of the molecule is CC(=O)N1CCc2c(c(N3CCCc4cc(-c5cnn(C)c5)c(C(F)F)cc43)nn2C2CCN(C(=O)C3CCN(c4ccc5nc[nH]c5c4)CC3)CC2)C1.N#Cc1ccc(N2CCCCC2)cc1Cl. The number of benzene rings is 3. The van der Waals surface area contributed by atoms with Crippen LogP contribution in [0.25, 0.3) is 22.2 Å². The van der Waals surface area contributed by atoms with Gasteiger partial charge >= 0.3 is 0 Å². The van der Waals surface area contributed by atoms with Crippen molar-refractivity contribution in [2.45, 2.75) is 90.1 Å². The monoisotopic (exact) mass is 956 g/mol. The highest BCUT2D eigenvalue weighted by Crippen LogP contribution is 2.44. The molecule has 0 radical (unpaired) electrons. The van der Waals surface area contributed by atoms with E-state index >= 15 is 0 Å². The Morgan fingerprint density at radius 1 is 0.855 bits per heavy atom. The molecule has 69 heavy (non-hydrogen) atoms. The van der Waals surface area contributed by atoms with Crippen LogP contribution in [0.5, 0.6) is 0 Å². The summed E-state index contributed by atoms with van der Waals surface area (Å²) in [7, 11) is 1.78. The fourth-order valence-electron chi connectivity index (χ4n) is 11.1. The van der Waals surface area contributed by atoms with Gasteiger partial charge in [-0.25, -0.2) is 13.8 Å². The molecule has 17 heteroatoms. The summed E-state index contributed by atoms with van der Waals surface area (Å²) in [5.74, 6) is 1.04. The molecule has 360 valence electrons. The number of piperidine rings is 3. The van der Waals surface area contributed by atoms with E-state index in [1.54, 1.807) is 49.5 Å². The fraction of sp³-hybridized carbons (Fsp3) is 0.462. The lowest BCUT2D eigenvalue weighted by Crippen LogP contribution is -2.46. The largest absolute Gasteiger partial charge is 0.371 e. The minimum absolute atomic E-state index is 0.0102. The van der Waals surface area contributed by atoms with Gasteiger partial charge in [0.1, 0.15) is 6.07 Å². The smallest absolute Gasteiger partial charge is 0.264 e. The molecule has 0 unspecified atom stereocenters. The molecule has 6 aromatic rings. The van der Waals surface area contributed by atoms with Gasteiger partial charge in [0, 0.05) is 124 Å². The molecular formula is C52H59ClF2N12O2. The minimum atomic E-state index is -2.66. The van der Waals surface area contributed by atoms with Crippen LogP contribution < -0.4 is 14.7 Å². The Balaban J connectivity index is 0.000000314. The number of aromatic amines is 1. The van der Waals surface area contributed by atoms with E-state index in [1.807, 2.05) is 29.2 Å². The zero-order valence-electron chi connectivity index (χ0n) is 39.4. The van der Waals surface area contributed by atoms with Crippen molar-refractivity contribution in [3.05, 3.63) is 100 Å². The number of anilines is 4. The van der Waals surface area contributed by atoms with Gasteiger partial charge in [0.2, 0.25) is 11.8 Å². The van der Waals surface area contributed by atoms with Crippen molar-refractivity contribution in [1.82, 2.24) is 39.3 Å². The number of aryl methyl sites for hydroxylation is 2. The lowest BCUT2D eigenvalue weighted by atomic mass is 9.92. The van der Waals surface area contributed by atoms with E-state index in [9.17, 15) is 18.4 Å². The molecule has 0 bridgehead atoms. The highest BCUT2D eigenvalue weighted by Gasteiger charge is 2.37.